The maximum Gasteiger partial charge on any atom is 0.282 e. The van der Waals surface area contributed by atoms with Gasteiger partial charge in [0.2, 0.25) is 4.77 Å². The van der Waals surface area contributed by atoms with Crippen LogP contribution < -0.4 is 10.3 Å². The van der Waals surface area contributed by atoms with Crippen molar-refractivity contribution >= 4 is 29.3 Å². The number of ether oxygens (including phenoxy) is 1. The first-order chi connectivity index (χ1) is 13.2. The maximum atomic E-state index is 12.6. The molecule has 5 nitrogen and oxygen atoms in total. The summed E-state index contributed by atoms with van der Waals surface area (Å²) in [5.74, 6) is 1.43. The first kappa shape index (κ1) is 16.9. The van der Waals surface area contributed by atoms with Crippen LogP contribution in [0.2, 0.25) is 0 Å². The highest BCUT2D eigenvalue weighted by Gasteiger charge is 2.04. The number of benzene rings is 3. The van der Waals surface area contributed by atoms with Crippen LogP contribution in [0.5, 0.6) is 11.5 Å². The summed E-state index contributed by atoms with van der Waals surface area (Å²) in [6.45, 7) is 0. The molecule has 132 valence electrons. The van der Waals surface area contributed by atoms with Crippen LogP contribution >= 0.6 is 12.2 Å². The van der Waals surface area contributed by atoms with Crippen molar-refractivity contribution < 1.29 is 4.74 Å². The molecule has 27 heavy (non-hydrogen) atoms. The molecule has 0 aliphatic rings. The fourth-order valence-corrected chi connectivity index (χ4v) is 2.91. The molecule has 0 spiro atoms. The van der Waals surface area contributed by atoms with E-state index in [1.807, 2.05) is 66.7 Å². The number of nitrogens with one attached hydrogen (secondary N) is 1. The van der Waals surface area contributed by atoms with Crippen molar-refractivity contribution in [1.82, 2.24) is 9.66 Å². The van der Waals surface area contributed by atoms with Gasteiger partial charge in [0.15, 0.2) is 0 Å². The highest BCUT2D eigenvalue weighted by Crippen LogP contribution is 2.21. The Labute approximate surface area is 160 Å². The Morgan fingerprint density at radius 3 is 2.52 bits per heavy atom. The predicted molar refractivity (Wildman–Crippen MR) is 109 cm³/mol. The molecule has 0 unspecified atom stereocenters. The van der Waals surface area contributed by atoms with Crippen LogP contribution in [0.25, 0.3) is 10.9 Å². The lowest BCUT2D eigenvalue weighted by Crippen LogP contribution is -2.18. The molecule has 0 saturated carbocycles. The summed E-state index contributed by atoms with van der Waals surface area (Å²) in [6.07, 6.45) is 1.58. The van der Waals surface area contributed by atoms with Gasteiger partial charge >= 0.3 is 0 Å². The Morgan fingerprint density at radius 2 is 1.67 bits per heavy atom. The van der Waals surface area contributed by atoms with Crippen molar-refractivity contribution in [1.29, 1.82) is 0 Å². The highest BCUT2D eigenvalue weighted by molar-refractivity contribution is 7.71. The SMILES string of the molecule is O=c1c2ccccc2[nH]c(=S)n1/N=C\c1cccc(Oc2ccccc2)c1. The van der Waals surface area contributed by atoms with Gasteiger partial charge in [0.05, 0.1) is 17.1 Å². The number of para-hydroxylation sites is 2. The van der Waals surface area contributed by atoms with Crippen LogP contribution in [0, 0.1) is 4.77 Å². The molecule has 0 saturated heterocycles. The van der Waals surface area contributed by atoms with Gasteiger partial charge in [-0.25, -0.2) is 0 Å². The lowest BCUT2D eigenvalue weighted by atomic mass is 10.2. The molecule has 1 heterocycles. The second-order valence-electron chi connectivity index (χ2n) is 5.82. The van der Waals surface area contributed by atoms with Gasteiger partial charge in [-0.2, -0.15) is 9.78 Å². The minimum absolute atomic E-state index is 0.242. The normalized spacial score (nSPS) is 11.1. The Hall–Kier alpha value is -3.51. The van der Waals surface area contributed by atoms with Crippen molar-refractivity contribution in [3.8, 4) is 11.5 Å². The summed E-state index contributed by atoms with van der Waals surface area (Å²) in [7, 11) is 0. The summed E-state index contributed by atoms with van der Waals surface area (Å²) in [4.78, 5) is 15.6. The monoisotopic (exact) mass is 373 g/mol. The molecule has 0 fully saturated rings. The number of hydrogen-bond acceptors (Lipinski definition) is 4. The quantitative estimate of drug-likeness (QED) is 0.415. The van der Waals surface area contributed by atoms with E-state index in [9.17, 15) is 4.79 Å². The Bertz CT molecular complexity index is 1240. The highest BCUT2D eigenvalue weighted by atomic mass is 32.1. The minimum atomic E-state index is -0.262. The zero-order valence-electron chi connectivity index (χ0n) is 14.2. The summed E-state index contributed by atoms with van der Waals surface area (Å²) in [5, 5.41) is 4.79. The summed E-state index contributed by atoms with van der Waals surface area (Å²) in [5.41, 5.74) is 1.22. The largest absolute Gasteiger partial charge is 0.457 e. The summed E-state index contributed by atoms with van der Waals surface area (Å²) >= 11 is 5.26. The molecule has 0 atom stereocenters. The Balaban J connectivity index is 1.66. The van der Waals surface area contributed by atoms with Crippen LogP contribution in [-0.2, 0) is 0 Å². The molecule has 0 radical (unpaired) electrons. The van der Waals surface area contributed by atoms with Gasteiger partial charge < -0.3 is 9.72 Å². The molecule has 3 aromatic carbocycles. The fourth-order valence-electron chi connectivity index (χ4n) is 2.67. The third-order valence-electron chi connectivity index (χ3n) is 3.94. The molecular formula is C21H15N3O2S. The molecule has 6 heteroatoms. The number of hydrogen-bond donors (Lipinski definition) is 1. The summed E-state index contributed by atoms with van der Waals surface area (Å²) < 4.78 is 7.24. The van der Waals surface area contributed by atoms with E-state index in [1.165, 1.54) is 4.68 Å². The van der Waals surface area contributed by atoms with Gasteiger partial charge in [0.25, 0.3) is 5.56 Å². The van der Waals surface area contributed by atoms with Crippen LogP contribution in [-0.4, -0.2) is 15.9 Å². The standard InChI is InChI=1S/C21H15N3O2S/c25-20-18-11-4-5-12-19(18)23-21(27)24(20)22-14-15-7-6-10-17(13-15)26-16-8-2-1-3-9-16/h1-14H,(H,23,27)/b22-14-. The molecule has 1 N–H and O–H groups in total. The molecule has 0 amide bonds. The molecule has 4 aromatic rings. The summed E-state index contributed by atoms with van der Waals surface area (Å²) in [6, 6.07) is 24.2. The second-order valence-corrected chi connectivity index (χ2v) is 6.21. The minimum Gasteiger partial charge on any atom is -0.457 e. The average Bonchev–Trinajstić information content (AvgIpc) is 2.69. The number of nitrogens with zero attached hydrogens (tertiary/aromatic N) is 2. The van der Waals surface area contributed by atoms with E-state index in [-0.39, 0.29) is 10.3 Å². The number of rotatable bonds is 4. The number of aromatic amines is 1. The first-order valence-electron chi connectivity index (χ1n) is 8.32. The predicted octanol–water partition coefficient (Wildman–Crippen LogP) is 4.73. The molecule has 0 aliphatic heterocycles. The Morgan fingerprint density at radius 1 is 0.926 bits per heavy atom. The van der Waals surface area contributed by atoms with E-state index in [0.29, 0.717) is 16.7 Å². The van der Waals surface area contributed by atoms with Crippen molar-refractivity contribution in [2.24, 2.45) is 5.10 Å². The first-order valence-corrected chi connectivity index (χ1v) is 8.73. The number of aromatic nitrogens is 2. The van der Waals surface area contributed by atoms with Crippen molar-refractivity contribution in [2.45, 2.75) is 0 Å². The maximum absolute atomic E-state index is 12.6. The van der Waals surface area contributed by atoms with E-state index >= 15 is 0 Å². The molecule has 0 bridgehead atoms. The van der Waals surface area contributed by atoms with Gasteiger partial charge in [0, 0.05) is 0 Å². The van der Waals surface area contributed by atoms with Gasteiger partial charge in [0.1, 0.15) is 11.5 Å². The van der Waals surface area contributed by atoms with Crippen molar-refractivity contribution in [2.75, 3.05) is 0 Å². The topological polar surface area (TPSA) is 59.4 Å². The van der Waals surface area contributed by atoms with Crippen LogP contribution in [0.1, 0.15) is 5.56 Å². The van der Waals surface area contributed by atoms with Gasteiger partial charge in [-0.1, -0.05) is 42.5 Å². The lowest BCUT2D eigenvalue weighted by molar-refractivity contribution is 0.482. The van der Waals surface area contributed by atoms with Crippen molar-refractivity contribution in [3.63, 3.8) is 0 Å². The molecular weight excluding hydrogens is 358 g/mol. The zero-order valence-corrected chi connectivity index (χ0v) is 15.0. The van der Waals surface area contributed by atoms with E-state index in [4.69, 9.17) is 17.0 Å². The third-order valence-corrected chi connectivity index (χ3v) is 4.22. The molecule has 4 rings (SSSR count). The zero-order chi connectivity index (χ0) is 18.6. The molecule has 1 aromatic heterocycles. The van der Waals surface area contributed by atoms with Crippen LogP contribution in [0.15, 0.2) is 88.8 Å². The van der Waals surface area contributed by atoms with Gasteiger partial charge in [-0.3, -0.25) is 4.79 Å². The Kier molecular flexibility index (Phi) is 4.63. The van der Waals surface area contributed by atoms with E-state index in [1.54, 1.807) is 18.3 Å². The fraction of sp³-hybridized carbons (Fsp3) is 0. The lowest BCUT2D eigenvalue weighted by Gasteiger charge is -2.06. The van der Waals surface area contributed by atoms with E-state index < -0.39 is 0 Å². The van der Waals surface area contributed by atoms with Gasteiger partial charge in [-0.15, -0.1) is 0 Å². The smallest absolute Gasteiger partial charge is 0.282 e. The second kappa shape index (κ2) is 7.39. The van der Waals surface area contributed by atoms with Crippen LogP contribution in [0.4, 0.5) is 0 Å². The number of H-pyrrole nitrogens is 1. The van der Waals surface area contributed by atoms with E-state index in [0.717, 1.165) is 11.3 Å². The van der Waals surface area contributed by atoms with Crippen molar-refractivity contribution in [3.05, 3.63) is 99.6 Å². The van der Waals surface area contributed by atoms with E-state index in [2.05, 4.69) is 10.1 Å². The third kappa shape index (κ3) is 3.70. The average molecular weight is 373 g/mol. The number of fused-ring (bicyclic) bond motifs is 1. The van der Waals surface area contributed by atoms with Crippen LogP contribution in [0.3, 0.4) is 0 Å². The van der Waals surface area contributed by atoms with Gasteiger partial charge in [-0.05, 0) is 54.2 Å². The molecule has 0 aliphatic carbocycles.